The molecule has 0 bridgehead atoms. The third-order valence-electron chi connectivity index (χ3n) is 3.86. The summed E-state index contributed by atoms with van der Waals surface area (Å²) in [5.41, 5.74) is 1.98. The van der Waals surface area contributed by atoms with Crippen LogP contribution in [0.15, 0.2) is 41.6 Å². The third-order valence-corrected chi connectivity index (χ3v) is 5.18. The van der Waals surface area contributed by atoms with E-state index in [4.69, 9.17) is 25.8 Å². The minimum absolute atomic E-state index is 0.303. The molecule has 0 spiro atoms. The Morgan fingerprint density at radius 3 is 2.63 bits per heavy atom. The van der Waals surface area contributed by atoms with Gasteiger partial charge >= 0.3 is 0 Å². The Hall–Kier alpha value is -2.38. The van der Waals surface area contributed by atoms with Gasteiger partial charge in [0.25, 0.3) is 0 Å². The smallest absolute Gasteiger partial charge is 0.208 e. The van der Waals surface area contributed by atoms with E-state index in [-0.39, 0.29) is 0 Å². The van der Waals surface area contributed by atoms with Crippen LogP contribution in [0.2, 0.25) is 5.02 Å². The largest absolute Gasteiger partial charge is 0.497 e. The molecule has 8 heteroatoms. The van der Waals surface area contributed by atoms with Gasteiger partial charge in [-0.25, -0.2) is 4.98 Å². The van der Waals surface area contributed by atoms with Crippen LogP contribution in [0.25, 0.3) is 0 Å². The third kappa shape index (κ3) is 5.08. The van der Waals surface area contributed by atoms with E-state index in [1.54, 1.807) is 14.2 Å². The molecule has 0 saturated heterocycles. The van der Waals surface area contributed by atoms with Gasteiger partial charge in [0.15, 0.2) is 5.82 Å². The lowest BCUT2D eigenvalue weighted by Crippen LogP contribution is -1.98. The van der Waals surface area contributed by atoms with Gasteiger partial charge in [0.2, 0.25) is 5.16 Å². The van der Waals surface area contributed by atoms with Crippen molar-refractivity contribution in [3.63, 3.8) is 0 Å². The van der Waals surface area contributed by atoms with Crippen LogP contribution in [0.4, 0.5) is 0 Å². The van der Waals surface area contributed by atoms with Gasteiger partial charge < -0.3 is 14.2 Å². The predicted molar refractivity (Wildman–Crippen MR) is 106 cm³/mol. The number of ether oxygens (including phenoxy) is 3. The van der Waals surface area contributed by atoms with Gasteiger partial charge in [-0.2, -0.15) is 0 Å². The number of aromatic amines is 1. The fourth-order valence-electron chi connectivity index (χ4n) is 2.40. The van der Waals surface area contributed by atoms with Crippen molar-refractivity contribution in [2.45, 2.75) is 24.4 Å². The second-order valence-electron chi connectivity index (χ2n) is 5.73. The molecule has 0 saturated carbocycles. The molecule has 3 aromatic rings. The van der Waals surface area contributed by atoms with Crippen molar-refractivity contribution in [2.75, 3.05) is 14.2 Å². The van der Waals surface area contributed by atoms with Crippen LogP contribution >= 0.6 is 23.4 Å². The molecule has 0 fully saturated rings. The molecule has 0 aliphatic carbocycles. The van der Waals surface area contributed by atoms with E-state index in [1.807, 2.05) is 43.3 Å². The standard InChI is InChI=1S/C19H20ClN3O3S/c1-12-8-15(4-6-16(12)20)26-10-18-21-19(23-22-18)27-11-13-9-14(24-2)5-7-17(13)25-3/h4-9H,10-11H2,1-3H3,(H,21,22,23). The number of hydrogen-bond acceptors (Lipinski definition) is 6. The maximum absolute atomic E-state index is 6.02. The summed E-state index contributed by atoms with van der Waals surface area (Å²) in [6.45, 7) is 2.24. The van der Waals surface area contributed by atoms with E-state index >= 15 is 0 Å². The van der Waals surface area contributed by atoms with Crippen molar-refractivity contribution in [1.82, 2.24) is 15.2 Å². The van der Waals surface area contributed by atoms with Crippen LogP contribution in [-0.4, -0.2) is 29.4 Å². The molecular weight excluding hydrogens is 386 g/mol. The van der Waals surface area contributed by atoms with Gasteiger partial charge in [0.05, 0.1) is 14.2 Å². The average Bonchev–Trinajstić information content (AvgIpc) is 3.15. The fourth-order valence-corrected chi connectivity index (χ4v) is 3.32. The van der Waals surface area contributed by atoms with Crippen molar-refractivity contribution in [1.29, 1.82) is 0 Å². The number of rotatable bonds is 8. The Kier molecular flexibility index (Phi) is 6.47. The molecule has 27 heavy (non-hydrogen) atoms. The summed E-state index contributed by atoms with van der Waals surface area (Å²) in [6.07, 6.45) is 0. The van der Waals surface area contributed by atoms with E-state index in [0.29, 0.717) is 28.4 Å². The van der Waals surface area contributed by atoms with Crippen LogP contribution in [-0.2, 0) is 12.4 Å². The van der Waals surface area contributed by atoms with Crippen molar-refractivity contribution in [3.8, 4) is 17.2 Å². The highest BCUT2D eigenvalue weighted by atomic mass is 35.5. The van der Waals surface area contributed by atoms with E-state index in [2.05, 4.69) is 15.2 Å². The number of H-pyrrole nitrogens is 1. The molecule has 0 radical (unpaired) electrons. The molecule has 0 unspecified atom stereocenters. The minimum atomic E-state index is 0.303. The second-order valence-corrected chi connectivity index (χ2v) is 7.08. The normalized spacial score (nSPS) is 10.7. The lowest BCUT2D eigenvalue weighted by Gasteiger charge is -2.09. The number of methoxy groups -OCH3 is 2. The van der Waals surface area contributed by atoms with E-state index < -0.39 is 0 Å². The zero-order chi connectivity index (χ0) is 19.2. The number of halogens is 1. The average molecular weight is 406 g/mol. The van der Waals surface area contributed by atoms with Crippen molar-refractivity contribution in [3.05, 3.63) is 58.4 Å². The number of aryl methyl sites for hydroxylation is 1. The molecular formula is C19H20ClN3O3S. The highest BCUT2D eigenvalue weighted by Crippen LogP contribution is 2.29. The van der Waals surface area contributed by atoms with E-state index in [9.17, 15) is 0 Å². The maximum atomic E-state index is 6.02. The fraction of sp³-hybridized carbons (Fsp3) is 0.263. The molecule has 1 aromatic heterocycles. The van der Waals surface area contributed by atoms with Gasteiger partial charge in [0.1, 0.15) is 23.9 Å². The minimum Gasteiger partial charge on any atom is -0.497 e. The number of thioether (sulfide) groups is 1. The number of aromatic nitrogens is 3. The Balaban J connectivity index is 1.59. The number of nitrogens with one attached hydrogen (secondary N) is 1. The number of hydrogen-bond donors (Lipinski definition) is 1. The Bertz CT molecular complexity index is 917. The van der Waals surface area contributed by atoms with Gasteiger partial charge in [-0.1, -0.05) is 23.4 Å². The van der Waals surface area contributed by atoms with Gasteiger partial charge in [-0.3, -0.25) is 5.10 Å². The van der Waals surface area contributed by atoms with Gasteiger partial charge in [-0.15, -0.1) is 5.10 Å². The molecule has 142 valence electrons. The van der Waals surface area contributed by atoms with Crippen LogP contribution in [0.5, 0.6) is 17.2 Å². The molecule has 1 N–H and O–H groups in total. The first-order valence-corrected chi connectivity index (χ1v) is 9.59. The van der Waals surface area contributed by atoms with Crippen LogP contribution < -0.4 is 14.2 Å². The molecule has 3 rings (SSSR count). The van der Waals surface area contributed by atoms with Crippen molar-refractivity contribution >= 4 is 23.4 Å². The van der Waals surface area contributed by atoms with E-state index in [0.717, 1.165) is 28.4 Å². The number of nitrogens with zero attached hydrogens (tertiary/aromatic N) is 2. The first kappa shape index (κ1) is 19.4. The lowest BCUT2D eigenvalue weighted by atomic mass is 10.2. The summed E-state index contributed by atoms with van der Waals surface area (Å²) in [6, 6.07) is 11.2. The zero-order valence-electron chi connectivity index (χ0n) is 15.3. The Labute approximate surface area is 167 Å². The second kappa shape index (κ2) is 9.01. The molecule has 6 nitrogen and oxygen atoms in total. The molecule has 2 aromatic carbocycles. The predicted octanol–water partition coefficient (Wildman–Crippen LogP) is 4.66. The highest BCUT2D eigenvalue weighted by molar-refractivity contribution is 7.98. The molecule has 0 atom stereocenters. The highest BCUT2D eigenvalue weighted by Gasteiger charge is 2.10. The van der Waals surface area contributed by atoms with Gasteiger partial charge in [-0.05, 0) is 48.9 Å². The summed E-state index contributed by atoms with van der Waals surface area (Å²) in [7, 11) is 3.29. The van der Waals surface area contributed by atoms with Crippen LogP contribution in [0.3, 0.4) is 0 Å². The summed E-state index contributed by atoms with van der Waals surface area (Å²) in [4.78, 5) is 4.45. The first-order chi connectivity index (χ1) is 13.1. The topological polar surface area (TPSA) is 69.3 Å². The Morgan fingerprint density at radius 1 is 1.07 bits per heavy atom. The van der Waals surface area contributed by atoms with Crippen LogP contribution in [0, 0.1) is 6.92 Å². The van der Waals surface area contributed by atoms with Crippen molar-refractivity contribution in [2.24, 2.45) is 0 Å². The quantitative estimate of drug-likeness (QED) is 0.550. The van der Waals surface area contributed by atoms with Crippen molar-refractivity contribution < 1.29 is 14.2 Å². The first-order valence-electron chi connectivity index (χ1n) is 8.23. The molecule has 0 aliphatic rings. The maximum Gasteiger partial charge on any atom is 0.208 e. The molecule has 1 heterocycles. The summed E-state index contributed by atoms with van der Waals surface area (Å²) in [5, 5.41) is 8.49. The van der Waals surface area contributed by atoms with E-state index in [1.165, 1.54) is 11.8 Å². The summed E-state index contributed by atoms with van der Waals surface area (Å²) < 4.78 is 16.4. The number of benzene rings is 2. The SMILES string of the molecule is COc1ccc(OC)c(CSc2n[nH]c(COc3ccc(Cl)c(C)c3)n2)c1. The Morgan fingerprint density at radius 2 is 1.89 bits per heavy atom. The molecule has 0 aliphatic heterocycles. The summed E-state index contributed by atoms with van der Waals surface area (Å²) >= 11 is 7.53. The lowest BCUT2D eigenvalue weighted by molar-refractivity contribution is 0.296. The summed E-state index contributed by atoms with van der Waals surface area (Å²) in [5.74, 6) is 3.65. The van der Waals surface area contributed by atoms with Gasteiger partial charge in [0, 0.05) is 16.3 Å². The molecule has 0 amide bonds. The van der Waals surface area contributed by atoms with Crippen LogP contribution in [0.1, 0.15) is 17.0 Å². The monoisotopic (exact) mass is 405 g/mol. The zero-order valence-corrected chi connectivity index (χ0v) is 16.9.